The number of hydrogen-bond donors (Lipinski definition) is 2. The molecule has 1 aromatic carbocycles. The van der Waals surface area contributed by atoms with Crippen LogP contribution in [0, 0.1) is 20.2 Å². The molecular weight excluding hydrogens is 342 g/mol. The third kappa shape index (κ3) is 8.41. The van der Waals surface area contributed by atoms with Crippen LogP contribution in [0.2, 0.25) is 0 Å². The quantitative estimate of drug-likeness (QED) is 0.280. The molecule has 144 valence electrons. The van der Waals surface area contributed by atoms with Gasteiger partial charge in [-0.3, -0.25) is 25.0 Å². The molecular formula is C17H25N3O6. The van der Waals surface area contributed by atoms with Crippen LogP contribution in [0.25, 0.3) is 0 Å². The number of nitro benzene ring substituents is 2. The number of aliphatic carboxylic acids is 1. The van der Waals surface area contributed by atoms with E-state index in [1.807, 2.05) is 0 Å². The van der Waals surface area contributed by atoms with Crippen molar-refractivity contribution < 1.29 is 19.7 Å². The Morgan fingerprint density at radius 1 is 0.923 bits per heavy atom. The number of carbonyl (C=O) groups is 1. The maximum atomic E-state index is 11.0. The molecule has 0 aliphatic carbocycles. The van der Waals surface area contributed by atoms with Crippen LogP contribution in [-0.2, 0) is 4.79 Å². The Morgan fingerprint density at radius 2 is 1.50 bits per heavy atom. The fourth-order valence-corrected chi connectivity index (χ4v) is 2.62. The maximum Gasteiger partial charge on any atom is 0.303 e. The molecule has 0 amide bonds. The Bertz CT molecular complexity index is 621. The Hall–Kier alpha value is -2.71. The molecule has 0 aliphatic rings. The molecule has 26 heavy (non-hydrogen) atoms. The minimum Gasteiger partial charge on any atom is -0.481 e. The molecule has 2 N–H and O–H groups in total. The Morgan fingerprint density at radius 3 is 2.04 bits per heavy atom. The monoisotopic (exact) mass is 367 g/mol. The van der Waals surface area contributed by atoms with E-state index in [4.69, 9.17) is 5.11 Å². The minimum absolute atomic E-state index is 0.237. The van der Waals surface area contributed by atoms with E-state index in [2.05, 4.69) is 5.32 Å². The van der Waals surface area contributed by atoms with Crippen LogP contribution >= 0.6 is 0 Å². The van der Waals surface area contributed by atoms with E-state index in [1.165, 1.54) is 12.1 Å². The third-order valence-corrected chi connectivity index (χ3v) is 4.02. The summed E-state index contributed by atoms with van der Waals surface area (Å²) in [7, 11) is 0. The largest absolute Gasteiger partial charge is 0.481 e. The van der Waals surface area contributed by atoms with Crippen LogP contribution in [0.1, 0.15) is 57.8 Å². The first-order valence-corrected chi connectivity index (χ1v) is 8.80. The van der Waals surface area contributed by atoms with Crippen molar-refractivity contribution in [2.75, 3.05) is 11.9 Å². The molecule has 0 spiro atoms. The number of hydrogen-bond acceptors (Lipinski definition) is 6. The van der Waals surface area contributed by atoms with Crippen LogP contribution in [0.5, 0.6) is 0 Å². The second-order valence-corrected chi connectivity index (χ2v) is 6.11. The Kier molecular flexibility index (Phi) is 9.66. The number of benzene rings is 1. The van der Waals surface area contributed by atoms with Crippen molar-refractivity contribution in [3.63, 3.8) is 0 Å². The highest BCUT2D eigenvalue weighted by Crippen LogP contribution is 2.28. The van der Waals surface area contributed by atoms with E-state index in [0.29, 0.717) is 12.2 Å². The number of anilines is 1. The summed E-state index contributed by atoms with van der Waals surface area (Å²) < 4.78 is 0. The van der Waals surface area contributed by atoms with Crippen LogP contribution in [0.15, 0.2) is 18.2 Å². The van der Waals surface area contributed by atoms with Crippen LogP contribution in [0.3, 0.4) is 0 Å². The fourth-order valence-electron chi connectivity index (χ4n) is 2.62. The predicted octanol–water partition coefficient (Wildman–Crippen LogP) is 4.51. The van der Waals surface area contributed by atoms with E-state index >= 15 is 0 Å². The zero-order chi connectivity index (χ0) is 19.4. The first-order valence-electron chi connectivity index (χ1n) is 8.80. The topological polar surface area (TPSA) is 136 Å². The van der Waals surface area contributed by atoms with Gasteiger partial charge in [-0.2, -0.15) is 0 Å². The second-order valence-electron chi connectivity index (χ2n) is 6.11. The van der Waals surface area contributed by atoms with E-state index in [9.17, 15) is 25.0 Å². The highest BCUT2D eigenvalue weighted by molar-refractivity contribution is 5.66. The number of non-ortho nitro benzene ring substituents is 1. The van der Waals surface area contributed by atoms with Gasteiger partial charge in [0.05, 0.1) is 15.9 Å². The molecule has 0 unspecified atom stereocenters. The van der Waals surface area contributed by atoms with Crippen molar-refractivity contribution in [2.24, 2.45) is 0 Å². The fraction of sp³-hybridized carbons (Fsp3) is 0.588. The van der Waals surface area contributed by atoms with Crippen molar-refractivity contribution in [3.8, 4) is 0 Å². The maximum absolute atomic E-state index is 11.0. The summed E-state index contributed by atoms with van der Waals surface area (Å²) in [6.07, 6.45) is 8.02. The summed E-state index contributed by atoms with van der Waals surface area (Å²) in [5.41, 5.74) is -0.301. The predicted molar refractivity (Wildman–Crippen MR) is 97.4 cm³/mol. The number of unbranched alkanes of at least 4 members (excludes halogenated alkanes) is 7. The number of rotatable bonds is 14. The summed E-state index contributed by atoms with van der Waals surface area (Å²) in [4.78, 5) is 30.8. The minimum atomic E-state index is -0.745. The molecule has 0 aliphatic heterocycles. The number of carboxylic acids is 1. The molecule has 0 atom stereocenters. The zero-order valence-electron chi connectivity index (χ0n) is 14.7. The van der Waals surface area contributed by atoms with Gasteiger partial charge in [-0.15, -0.1) is 0 Å². The smallest absolute Gasteiger partial charge is 0.303 e. The van der Waals surface area contributed by atoms with Crippen LogP contribution in [-0.4, -0.2) is 27.5 Å². The number of nitrogens with one attached hydrogen (secondary N) is 1. The van der Waals surface area contributed by atoms with Crippen molar-refractivity contribution in [2.45, 2.75) is 57.8 Å². The molecule has 0 aromatic heterocycles. The average Bonchev–Trinajstić information content (AvgIpc) is 2.59. The van der Waals surface area contributed by atoms with Gasteiger partial charge in [0, 0.05) is 19.0 Å². The van der Waals surface area contributed by atoms with Crippen molar-refractivity contribution >= 4 is 23.0 Å². The lowest BCUT2D eigenvalue weighted by Crippen LogP contribution is -2.05. The molecule has 0 bridgehead atoms. The Labute approximate surface area is 151 Å². The van der Waals surface area contributed by atoms with E-state index in [-0.39, 0.29) is 17.8 Å². The van der Waals surface area contributed by atoms with Gasteiger partial charge in [0.25, 0.3) is 11.4 Å². The number of nitro groups is 2. The standard InChI is InChI=1S/C17H25N3O6/c21-17(22)9-7-5-3-1-2-4-6-8-12-18-15-11-10-14(19(23)24)13-16(15)20(25)26/h10-11,13,18H,1-9,12H2,(H,21,22). The summed E-state index contributed by atoms with van der Waals surface area (Å²) in [6.45, 7) is 0.567. The van der Waals surface area contributed by atoms with Gasteiger partial charge in [0.1, 0.15) is 5.69 Å². The van der Waals surface area contributed by atoms with Crippen molar-refractivity contribution in [1.29, 1.82) is 0 Å². The van der Waals surface area contributed by atoms with E-state index in [0.717, 1.165) is 57.4 Å². The lowest BCUT2D eigenvalue weighted by Gasteiger charge is -2.07. The number of nitrogens with zero attached hydrogens (tertiary/aromatic N) is 2. The van der Waals surface area contributed by atoms with Gasteiger partial charge < -0.3 is 10.4 Å². The number of carboxylic acid groups (broad SMARTS) is 1. The van der Waals surface area contributed by atoms with Gasteiger partial charge in [0.15, 0.2) is 0 Å². The van der Waals surface area contributed by atoms with Gasteiger partial charge >= 0.3 is 5.97 Å². The lowest BCUT2D eigenvalue weighted by molar-refractivity contribution is -0.393. The first-order chi connectivity index (χ1) is 12.4. The summed E-state index contributed by atoms with van der Waals surface area (Å²) >= 11 is 0. The van der Waals surface area contributed by atoms with Crippen LogP contribution < -0.4 is 5.32 Å². The average molecular weight is 367 g/mol. The molecule has 1 aromatic rings. The molecule has 9 heteroatoms. The molecule has 0 fully saturated rings. The molecule has 1 rings (SSSR count). The summed E-state index contributed by atoms with van der Waals surface area (Å²) in [5.74, 6) is -0.745. The molecule has 0 saturated carbocycles. The Balaban J connectivity index is 2.19. The van der Waals surface area contributed by atoms with Crippen molar-refractivity contribution in [1.82, 2.24) is 0 Å². The molecule has 0 saturated heterocycles. The van der Waals surface area contributed by atoms with Gasteiger partial charge in [-0.1, -0.05) is 38.5 Å². The van der Waals surface area contributed by atoms with Gasteiger partial charge in [-0.25, -0.2) is 0 Å². The molecule has 0 heterocycles. The van der Waals surface area contributed by atoms with E-state index < -0.39 is 15.8 Å². The normalized spacial score (nSPS) is 10.5. The molecule has 9 nitrogen and oxygen atoms in total. The zero-order valence-corrected chi connectivity index (χ0v) is 14.7. The van der Waals surface area contributed by atoms with Crippen LogP contribution in [0.4, 0.5) is 17.1 Å². The highest BCUT2D eigenvalue weighted by atomic mass is 16.6. The lowest BCUT2D eigenvalue weighted by atomic mass is 10.1. The van der Waals surface area contributed by atoms with Gasteiger partial charge in [0.2, 0.25) is 0 Å². The van der Waals surface area contributed by atoms with E-state index in [1.54, 1.807) is 0 Å². The second kappa shape index (κ2) is 11.8. The first kappa shape index (κ1) is 21.3. The summed E-state index contributed by atoms with van der Waals surface area (Å²) in [5, 5.41) is 33.2. The molecule has 0 radical (unpaired) electrons. The van der Waals surface area contributed by atoms with Gasteiger partial charge in [-0.05, 0) is 18.9 Å². The highest BCUT2D eigenvalue weighted by Gasteiger charge is 2.18. The SMILES string of the molecule is O=C(O)CCCCCCCCCCNc1ccc([N+](=O)[O-])cc1[N+](=O)[O-]. The summed E-state index contributed by atoms with van der Waals surface area (Å²) in [6, 6.07) is 3.58. The van der Waals surface area contributed by atoms with Crippen molar-refractivity contribution in [3.05, 3.63) is 38.4 Å². The third-order valence-electron chi connectivity index (χ3n) is 4.02.